The van der Waals surface area contributed by atoms with Crippen LogP contribution in [0.1, 0.15) is 39.9 Å². The number of primary amides is 1. The zero-order valence-corrected chi connectivity index (χ0v) is 17.8. The van der Waals surface area contributed by atoms with Gasteiger partial charge in [-0.3, -0.25) is 14.6 Å². The molecule has 0 aromatic heterocycles. The highest BCUT2D eigenvalue weighted by Crippen LogP contribution is 2.32. The van der Waals surface area contributed by atoms with E-state index < -0.39 is 23.6 Å². The predicted molar refractivity (Wildman–Crippen MR) is 116 cm³/mol. The third-order valence-corrected chi connectivity index (χ3v) is 5.55. The maximum atomic E-state index is 13.3. The van der Waals surface area contributed by atoms with Crippen molar-refractivity contribution in [3.05, 3.63) is 70.8 Å². The maximum Gasteiger partial charge on any atom is 0.416 e. The van der Waals surface area contributed by atoms with E-state index >= 15 is 0 Å². The van der Waals surface area contributed by atoms with Gasteiger partial charge in [0.05, 0.1) is 5.56 Å². The Morgan fingerprint density at radius 2 is 1.91 bits per heavy atom. The van der Waals surface area contributed by atoms with Crippen LogP contribution in [0.4, 0.5) is 13.2 Å². The fourth-order valence-corrected chi connectivity index (χ4v) is 4.09. The van der Waals surface area contributed by atoms with Gasteiger partial charge in [0, 0.05) is 24.4 Å². The second-order valence-corrected chi connectivity index (χ2v) is 8.17. The number of benzene rings is 2. The number of aliphatic imine (C=N–C) groups is 1. The van der Waals surface area contributed by atoms with Gasteiger partial charge in [0.15, 0.2) is 0 Å². The van der Waals surface area contributed by atoms with Crippen LogP contribution in [-0.2, 0) is 17.4 Å². The normalized spacial score (nSPS) is 19.3. The van der Waals surface area contributed by atoms with E-state index in [1.54, 1.807) is 18.0 Å². The zero-order valence-electron chi connectivity index (χ0n) is 17.8. The monoisotopic (exact) mass is 445 g/mol. The molecule has 1 aliphatic rings. The van der Waals surface area contributed by atoms with Gasteiger partial charge in [-0.25, -0.2) is 0 Å². The number of halogens is 3. The van der Waals surface area contributed by atoms with E-state index in [2.05, 4.69) is 4.99 Å². The summed E-state index contributed by atoms with van der Waals surface area (Å²) in [6.45, 7) is 1.85. The summed E-state index contributed by atoms with van der Waals surface area (Å²) in [6, 6.07) is 12.9. The zero-order chi connectivity index (χ0) is 23.3. The number of amides is 2. The molecule has 0 spiro atoms. The van der Waals surface area contributed by atoms with Gasteiger partial charge in [-0.05, 0) is 61.4 Å². The van der Waals surface area contributed by atoms with E-state index in [9.17, 15) is 22.8 Å². The van der Waals surface area contributed by atoms with E-state index in [4.69, 9.17) is 5.73 Å². The number of carbonyl (C=O) groups excluding carboxylic acids is 2. The molecule has 1 aliphatic heterocycles. The fourth-order valence-electron chi connectivity index (χ4n) is 4.09. The molecule has 2 N–H and O–H groups in total. The molecule has 3 rings (SSSR count). The Morgan fingerprint density at radius 1 is 1.19 bits per heavy atom. The van der Waals surface area contributed by atoms with E-state index in [1.165, 1.54) is 6.07 Å². The summed E-state index contributed by atoms with van der Waals surface area (Å²) in [5.74, 6) is -0.877. The molecule has 0 radical (unpaired) electrons. The minimum Gasteiger partial charge on any atom is -0.368 e. The minimum atomic E-state index is -4.52. The lowest BCUT2D eigenvalue weighted by Gasteiger charge is -2.39. The van der Waals surface area contributed by atoms with Crippen LogP contribution in [0.25, 0.3) is 0 Å². The van der Waals surface area contributed by atoms with Crippen LogP contribution < -0.4 is 5.73 Å². The second kappa shape index (κ2) is 9.97. The molecular formula is C24H26F3N3O2. The number of likely N-dealkylation sites (tertiary alicyclic amines) is 1. The van der Waals surface area contributed by atoms with Crippen LogP contribution in [0.2, 0.25) is 0 Å². The molecule has 32 heavy (non-hydrogen) atoms. The molecule has 0 aliphatic carbocycles. The standard InChI is InChI=1S/C24H26F3N3O2/c1-16-9-19(13-20(10-16)24(25,26)27)23(32)30-8-7-18(14-29-15-22(28)31)12-21(30)11-17-5-3-2-4-6-17/h2-6,9-10,13-14,18,21H,7-8,11-12,15H2,1H3,(H2,28,31)/t18?,21-/m1/s1. The van der Waals surface area contributed by atoms with Crippen LogP contribution >= 0.6 is 0 Å². The first-order valence-electron chi connectivity index (χ1n) is 10.5. The van der Waals surface area contributed by atoms with Crippen molar-refractivity contribution >= 4 is 18.0 Å². The number of rotatable bonds is 6. The summed E-state index contributed by atoms with van der Waals surface area (Å²) in [4.78, 5) is 30.0. The molecule has 0 saturated carbocycles. The summed E-state index contributed by atoms with van der Waals surface area (Å²) in [7, 11) is 0. The van der Waals surface area contributed by atoms with E-state index in [-0.39, 0.29) is 24.1 Å². The molecule has 170 valence electrons. The largest absolute Gasteiger partial charge is 0.416 e. The number of alkyl halides is 3. The van der Waals surface area contributed by atoms with Crippen molar-refractivity contribution in [2.75, 3.05) is 13.1 Å². The Labute approximate surface area is 185 Å². The summed E-state index contributed by atoms with van der Waals surface area (Å²) >= 11 is 0. The summed E-state index contributed by atoms with van der Waals surface area (Å²) in [6.07, 6.45) is -1.03. The molecule has 5 nitrogen and oxygen atoms in total. The van der Waals surface area contributed by atoms with Crippen molar-refractivity contribution in [1.82, 2.24) is 4.90 Å². The quantitative estimate of drug-likeness (QED) is 0.682. The Morgan fingerprint density at radius 3 is 2.56 bits per heavy atom. The van der Waals surface area contributed by atoms with E-state index in [1.807, 2.05) is 30.3 Å². The number of nitrogens with two attached hydrogens (primary N) is 1. The average Bonchev–Trinajstić information content (AvgIpc) is 2.73. The maximum absolute atomic E-state index is 13.3. The van der Waals surface area contributed by atoms with Crippen LogP contribution in [0, 0.1) is 12.8 Å². The van der Waals surface area contributed by atoms with Crippen molar-refractivity contribution in [3.63, 3.8) is 0 Å². The summed E-state index contributed by atoms with van der Waals surface area (Å²) < 4.78 is 39.8. The van der Waals surface area contributed by atoms with Crippen LogP contribution in [-0.4, -0.2) is 42.1 Å². The molecule has 1 fully saturated rings. The topological polar surface area (TPSA) is 75.8 Å². The second-order valence-electron chi connectivity index (χ2n) is 8.17. The van der Waals surface area contributed by atoms with Gasteiger partial charge in [-0.15, -0.1) is 0 Å². The highest BCUT2D eigenvalue weighted by molar-refractivity contribution is 5.95. The van der Waals surface area contributed by atoms with Gasteiger partial charge in [0.2, 0.25) is 5.91 Å². The molecule has 2 aromatic carbocycles. The van der Waals surface area contributed by atoms with Gasteiger partial charge in [-0.1, -0.05) is 30.3 Å². The summed E-state index contributed by atoms with van der Waals surface area (Å²) in [5.41, 5.74) is 5.76. The highest BCUT2D eigenvalue weighted by Gasteiger charge is 2.34. The Bertz CT molecular complexity index is 990. The fraction of sp³-hybridized carbons (Fsp3) is 0.375. The number of carbonyl (C=O) groups is 2. The lowest BCUT2D eigenvalue weighted by atomic mass is 9.87. The third kappa shape index (κ3) is 6.18. The van der Waals surface area contributed by atoms with Crippen molar-refractivity contribution in [2.24, 2.45) is 16.6 Å². The first-order valence-corrected chi connectivity index (χ1v) is 10.5. The molecule has 8 heteroatoms. The van der Waals surface area contributed by atoms with Crippen LogP contribution in [0.5, 0.6) is 0 Å². The SMILES string of the molecule is Cc1cc(C(=O)N2CCC(C=NCC(N)=O)C[C@H]2Cc2ccccc2)cc(C(F)(F)F)c1. The van der Waals surface area contributed by atoms with Gasteiger partial charge in [0.1, 0.15) is 6.54 Å². The smallest absolute Gasteiger partial charge is 0.368 e. The molecular weight excluding hydrogens is 419 g/mol. The van der Waals surface area contributed by atoms with Crippen molar-refractivity contribution < 1.29 is 22.8 Å². The first-order chi connectivity index (χ1) is 15.1. The number of aryl methyl sites for hydroxylation is 1. The molecule has 1 saturated heterocycles. The van der Waals surface area contributed by atoms with E-state index in [0.29, 0.717) is 31.4 Å². The lowest BCUT2D eigenvalue weighted by molar-refractivity contribution is -0.137. The van der Waals surface area contributed by atoms with Gasteiger partial charge in [-0.2, -0.15) is 13.2 Å². The lowest BCUT2D eigenvalue weighted by Crippen LogP contribution is -2.47. The molecule has 1 unspecified atom stereocenters. The third-order valence-electron chi connectivity index (χ3n) is 5.55. The van der Waals surface area contributed by atoms with Crippen molar-refractivity contribution in [3.8, 4) is 0 Å². The molecule has 2 amide bonds. The Balaban J connectivity index is 1.86. The van der Waals surface area contributed by atoms with Crippen LogP contribution in [0.15, 0.2) is 53.5 Å². The van der Waals surface area contributed by atoms with Crippen LogP contribution in [0.3, 0.4) is 0 Å². The van der Waals surface area contributed by atoms with Gasteiger partial charge < -0.3 is 10.6 Å². The first kappa shape index (κ1) is 23.5. The molecule has 0 bridgehead atoms. The molecule has 2 atom stereocenters. The van der Waals surface area contributed by atoms with Crippen molar-refractivity contribution in [1.29, 1.82) is 0 Å². The van der Waals surface area contributed by atoms with Crippen molar-refractivity contribution in [2.45, 2.75) is 38.4 Å². The number of hydrogen-bond acceptors (Lipinski definition) is 3. The Kier molecular flexibility index (Phi) is 7.33. The van der Waals surface area contributed by atoms with E-state index in [0.717, 1.165) is 17.7 Å². The molecule has 1 heterocycles. The molecule has 2 aromatic rings. The highest BCUT2D eigenvalue weighted by atomic mass is 19.4. The van der Waals surface area contributed by atoms with Gasteiger partial charge >= 0.3 is 6.18 Å². The average molecular weight is 445 g/mol. The van der Waals surface area contributed by atoms with Gasteiger partial charge in [0.25, 0.3) is 5.91 Å². The Hall–Kier alpha value is -3.16. The number of piperidine rings is 1. The number of hydrogen-bond donors (Lipinski definition) is 1. The number of nitrogens with zero attached hydrogens (tertiary/aromatic N) is 2. The summed E-state index contributed by atoms with van der Waals surface area (Å²) in [5, 5.41) is 0. The minimum absolute atomic E-state index is 0.0382. The predicted octanol–water partition coefficient (Wildman–Crippen LogP) is 4.03.